The van der Waals surface area contributed by atoms with Crippen molar-refractivity contribution >= 4 is 55.9 Å². The molecule has 3 aromatic rings. The fourth-order valence-corrected chi connectivity index (χ4v) is 6.61. The number of halogens is 2. The summed E-state index contributed by atoms with van der Waals surface area (Å²) in [6, 6.07) is 14.0. The third kappa shape index (κ3) is 5.60. The van der Waals surface area contributed by atoms with E-state index in [-0.39, 0.29) is 34.3 Å². The van der Waals surface area contributed by atoms with E-state index in [9.17, 15) is 23.1 Å². The van der Waals surface area contributed by atoms with Crippen molar-refractivity contribution < 1.29 is 23.1 Å². The highest BCUT2D eigenvalue weighted by molar-refractivity contribution is 7.89. The lowest BCUT2D eigenvalue weighted by molar-refractivity contribution is -0.142. The lowest BCUT2D eigenvalue weighted by Crippen LogP contribution is -2.51. The number of nitrogens with one attached hydrogen (secondary N) is 1. The van der Waals surface area contributed by atoms with Crippen LogP contribution in [0.25, 0.3) is 10.8 Å². The van der Waals surface area contributed by atoms with Gasteiger partial charge in [0.1, 0.15) is 12.1 Å². The van der Waals surface area contributed by atoms with E-state index in [2.05, 4.69) is 5.32 Å². The highest BCUT2D eigenvalue weighted by Gasteiger charge is 2.43. The molecule has 4 N–H and O–H groups in total. The molecule has 184 valence electrons. The van der Waals surface area contributed by atoms with Gasteiger partial charge in [0, 0.05) is 29.1 Å². The van der Waals surface area contributed by atoms with Crippen molar-refractivity contribution in [2.24, 2.45) is 5.73 Å². The number of hydrogen-bond donors (Lipinski definition) is 3. The molecule has 0 radical (unpaired) electrons. The van der Waals surface area contributed by atoms with Crippen LogP contribution < -0.4 is 11.1 Å². The fourth-order valence-electron chi connectivity index (χ4n) is 4.22. The van der Waals surface area contributed by atoms with E-state index in [0.717, 1.165) is 20.6 Å². The number of rotatable bonds is 7. The Bertz CT molecular complexity index is 1380. The van der Waals surface area contributed by atoms with E-state index in [1.165, 1.54) is 18.2 Å². The first-order valence-corrected chi connectivity index (χ1v) is 13.0. The zero-order valence-electron chi connectivity index (χ0n) is 18.4. The summed E-state index contributed by atoms with van der Waals surface area (Å²) < 4.78 is 27.6. The molecule has 1 heterocycles. The van der Waals surface area contributed by atoms with Gasteiger partial charge in [0.05, 0.1) is 4.90 Å². The van der Waals surface area contributed by atoms with E-state index in [1.807, 2.05) is 36.4 Å². The van der Waals surface area contributed by atoms with Gasteiger partial charge in [-0.15, -0.1) is 0 Å². The highest BCUT2D eigenvalue weighted by Crippen LogP contribution is 2.29. The van der Waals surface area contributed by atoms with Gasteiger partial charge in [-0.1, -0.05) is 65.7 Å². The summed E-state index contributed by atoms with van der Waals surface area (Å²) >= 11 is 11.9. The maximum Gasteiger partial charge on any atom is 0.326 e. The molecule has 4 rings (SSSR count). The summed E-state index contributed by atoms with van der Waals surface area (Å²) in [5.41, 5.74) is 6.72. The topological polar surface area (TPSA) is 130 Å². The number of benzene rings is 3. The highest BCUT2D eigenvalue weighted by atomic mass is 35.5. The molecule has 1 aliphatic heterocycles. The van der Waals surface area contributed by atoms with Crippen LogP contribution in [0.4, 0.5) is 0 Å². The number of sulfonamides is 1. The summed E-state index contributed by atoms with van der Waals surface area (Å²) in [5.74, 6) is -1.97. The molecular formula is C24H23Cl2N3O5S. The predicted molar refractivity (Wildman–Crippen MR) is 134 cm³/mol. The van der Waals surface area contributed by atoms with E-state index >= 15 is 0 Å². The second-order valence-electron chi connectivity index (χ2n) is 8.48. The van der Waals surface area contributed by atoms with Crippen LogP contribution >= 0.6 is 23.2 Å². The number of hydrogen-bond acceptors (Lipinski definition) is 5. The van der Waals surface area contributed by atoms with Crippen LogP contribution in [0, 0.1) is 0 Å². The molecule has 0 spiro atoms. The van der Waals surface area contributed by atoms with Crippen molar-refractivity contribution in [1.29, 1.82) is 0 Å². The number of nitrogens with zero attached hydrogens (tertiary/aromatic N) is 1. The number of amides is 1. The van der Waals surface area contributed by atoms with Crippen LogP contribution in [0.2, 0.25) is 10.0 Å². The van der Waals surface area contributed by atoms with Crippen molar-refractivity contribution in [2.45, 2.75) is 35.9 Å². The first-order valence-electron chi connectivity index (χ1n) is 10.8. The van der Waals surface area contributed by atoms with Crippen LogP contribution in [-0.2, 0) is 26.0 Å². The number of nitrogens with two attached hydrogens (primary N) is 1. The first-order chi connectivity index (χ1) is 16.5. The zero-order valence-corrected chi connectivity index (χ0v) is 20.7. The van der Waals surface area contributed by atoms with Gasteiger partial charge in [-0.2, -0.15) is 4.31 Å². The summed E-state index contributed by atoms with van der Waals surface area (Å²) in [5, 5.41) is 14.5. The third-order valence-corrected chi connectivity index (χ3v) is 8.19. The maximum atomic E-state index is 13.3. The minimum Gasteiger partial charge on any atom is -0.480 e. The Morgan fingerprint density at radius 3 is 2.37 bits per heavy atom. The molecule has 1 amide bonds. The maximum absolute atomic E-state index is 13.3. The Morgan fingerprint density at radius 2 is 1.71 bits per heavy atom. The van der Waals surface area contributed by atoms with Crippen LogP contribution in [0.15, 0.2) is 65.6 Å². The molecule has 1 aliphatic rings. The lowest BCUT2D eigenvalue weighted by Gasteiger charge is -2.25. The molecule has 3 atom stereocenters. The fraction of sp³-hybridized carbons (Fsp3) is 0.250. The van der Waals surface area contributed by atoms with Crippen LogP contribution in [0.1, 0.15) is 12.0 Å². The van der Waals surface area contributed by atoms with Crippen molar-refractivity contribution in [2.75, 3.05) is 6.54 Å². The SMILES string of the molecule is N[C@@H]1C[C@@H](C(=O)N[C@@H](Cc2ccc3ccccc3c2)C(=O)O)N(S(=O)(=O)c2cc(Cl)cc(Cl)c2)C1. The minimum atomic E-state index is -4.17. The number of fused-ring (bicyclic) bond motifs is 1. The second kappa shape index (κ2) is 10.1. The third-order valence-electron chi connectivity index (χ3n) is 5.90. The summed E-state index contributed by atoms with van der Waals surface area (Å²) in [4.78, 5) is 24.9. The number of carboxylic acid groups (broad SMARTS) is 1. The average molecular weight is 536 g/mol. The zero-order chi connectivity index (χ0) is 25.3. The predicted octanol–water partition coefficient (Wildman–Crippen LogP) is 3.05. The normalized spacial score (nSPS) is 19.5. The summed E-state index contributed by atoms with van der Waals surface area (Å²) in [6.45, 7) is -0.104. The Labute approximate surface area is 212 Å². The van der Waals surface area contributed by atoms with Gasteiger partial charge in [0.25, 0.3) is 0 Å². The number of carboxylic acids is 1. The van der Waals surface area contributed by atoms with Gasteiger partial charge >= 0.3 is 5.97 Å². The largest absolute Gasteiger partial charge is 0.480 e. The van der Waals surface area contributed by atoms with Crippen molar-refractivity contribution in [3.63, 3.8) is 0 Å². The molecule has 11 heteroatoms. The first kappa shape index (κ1) is 25.4. The molecule has 0 aromatic heterocycles. The molecule has 0 unspecified atom stereocenters. The van der Waals surface area contributed by atoms with E-state index < -0.39 is 40.0 Å². The number of carbonyl (C=O) groups is 2. The Morgan fingerprint density at radius 1 is 1.06 bits per heavy atom. The van der Waals surface area contributed by atoms with Gasteiger partial charge in [0.2, 0.25) is 15.9 Å². The minimum absolute atomic E-state index is 0.0291. The Hall–Kier alpha value is -2.69. The monoisotopic (exact) mass is 535 g/mol. The summed E-state index contributed by atoms with van der Waals surface area (Å²) in [6.07, 6.45) is 0.0724. The Kier molecular flexibility index (Phi) is 7.35. The number of carbonyl (C=O) groups excluding carboxylic acids is 1. The van der Waals surface area contributed by atoms with Crippen molar-refractivity contribution in [1.82, 2.24) is 9.62 Å². The average Bonchev–Trinajstić information content (AvgIpc) is 3.20. The molecule has 1 saturated heterocycles. The molecule has 1 fully saturated rings. The Balaban J connectivity index is 1.56. The number of aliphatic carboxylic acids is 1. The van der Waals surface area contributed by atoms with E-state index in [4.69, 9.17) is 28.9 Å². The smallest absolute Gasteiger partial charge is 0.326 e. The standard InChI is InChI=1S/C24H23Cl2N3O5S/c25-17-9-18(26)11-20(10-17)35(33,34)29-13-19(27)12-22(29)23(30)28-21(24(31)32)8-14-5-6-15-3-1-2-4-16(15)7-14/h1-7,9-11,19,21-22H,8,12-13,27H2,(H,28,30)(H,31,32)/t19-,21+,22+/m1/s1. The molecular weight excluding hydrogens is 513 g/mol. The molecule has 8 nitrogen and oxygen atoms in total. The van der Waals surface area contributed by atoms with Gasteiger partial charge in [-0.05, 0) is 41.0 Å². The van der Waals surface area contributed by atoms with E-state index in [1.54, 1.807) is 6.07 Å². The molecule has 0 aliphatic carbocycles. The van der Waals surface area contributed by atoms with Gasteiger partial charge in [0.15, 0.2) is 0 Å². The van der Waals surface area contributed by atoms with Crippen LogP contribution in [-0.4, -0.2) is 54.4 Å². The van der Waals surface area contributed by atoms with E-state index in [0.29, 0.717) is 0 Å². The van der Waals surface area contributed by atoms with Crippen molar-refractivity contribution in [3.05, 3.63) is 76.3 Å². The van der Waals surface area contributed by atoms with Gasteiger partial charge in [-0.3, -0.25) is 4.79 Å². The second-order valence-corrected chi connectivity index (χ2v) is 11.2. The molecule has 35 heavy (non-hydrogen) atoms. The van der Waals surface area contributed by atoms with Crippen LogP contribution in [0.3, 0.4) is 0 Å². The molecule has 3 aromatic carbocycles. The van der Waals surface area contributed by atoms with Gasteiger partial charge < -0.3 is 16.2 Å². The van der Waals surface area contributed by atoms with Crippen molar-refractivity contribution in [3.8, 4) is 0 Å². The summed E-state index contributed by atoms with van der Waals surface area (Å²) in [7, 11) is -4.17. The lowest BCUT2D eigenvalue weighted by atomic mass is 10.0. The van der Waals surface area contributed by atoms with Crippen LogP contribution in [0.5, 0.6) is 0 Å². The molecule has 0 bridgehead atoms. The van der Waals surface area contributed by atoms with Gasteiger partial charge in [-0.25, -0.2) is 13.2 Å². The quantitative estimate of drug-likeness (QED) is 0.426. The molecule has 0 saturated carbocycles.